The highest BCUT2D eigenvalue weighted by Gasteiger charge is 2.33. The van der Waals surface area contributed by atoms with Gasteiger partial charge in [-0.05, 0) is 0 Å². The van der Waals surface area contributed by atoms with E-state index in [0.29, 0.717) is 0 Å². The molecule has 0 rings (SSSR count). The molecule has 7 N–H and O–H groups in total. The van der Waals surface area contributed by atoms with Crippen molar-refractivity contribution in [1.29, 1.82) is 0 Å². The number of carbonyl (C=O) groups is 2. The van der Waals surface area contributed by atoms with Gasteiger partial charge >= 0.3 is 5.97 Å². The summed E-state index contributed by atoms with van der Waals surface area (Å²) in [5, 5.41) is 42.7. The Kier molecular flexibility index (Phi) is 7.05. The molecule has 0 aromatic rings. The first-order chi connectivity index (χ1) is 5.91. The van der Waals surface area contributed by atoms with Crippen LogP contribution in [-0.2, 0) is 9.59 Å². The van der Waals surface area contributed by atoms with E-state index >= 15 is 0 Å². The van der Waals surface area contributed by atoms with Crippen LogP contribution in [0.4, 0.5) is 0 Å². The minimum atomic E-state index is -2.26. The summed E-state index contributed by atoms with van der Waals surface area (Å²) in [7, 11) is 0. The number of aliphatic carboxylic acids is 1. The van der Waals surface area contributed by atoms with Gasteiger partial charge in [-0.2, -0.15) is 0 Å². The molecule has 84 valence electrons. The van der Waals surface area contributed by atoms with Crippen molar-refractivity contribution >= 4 is 11.8 Å². The van der Waals surface area contributed by atoms with E-state index in [1.54, 1.807) is 0 Å². The number of Topliss-reactive ketones (excluding diaryl/α,β-unsaturated/α-hetero) is 1. The van der Waals surface area contributed by atoms with Gasteiger partial charge in [0.2, 0.25) is 0 Å². The number of hydrogen-bond acceptors (Lipinski definition) is 6. The molecule has 0 spiro atoms. The first-order valence-corrected chi connectivity index (χ1v) is 3.32. The van der Waals surface area contributed by atoms with E-state index in [1.165, 1.54) is 0 Å². The van der Waals surface area contributed by atoms with Gasteiger partial charge in [-0.1, -0.05) is 0 Å². The lowest BCUT2D eigenvalue weighted by Crippen LogP contribution is -2.46. The third kappa shape index (κ3) is 3.77. The molecule has 0 aliphatic heterocycles. The van der Waals surface area contributed by atoms with Gasteiger partial charge < -0.3 is 31.0 Å². The van der Waals surface area contributed by atoms with Crippen LogP contribution in [0.15, 0.2) is 0 Å². The predicted octanol–water partition coefficient (Wildman–Crippen LogP) is -4.11. The topological polar surface area (TPSA) is 167 Å². The maximum absolute atomic E-state index is 10.5. The van der Waals surface area contributed by atoms with Crippen LogP contribution in [-0.4, -0.2) is 67.7 Å². The van der Waals surface area contributed by atoms with Gasteiger partial charge in [0.25, 0.3) is 0 Å². The van der Waals surface area contributed by atoms with Crippen molar-refractivity contribution in [2.45, 2.75) is 18.3 Å². The Morgan fingerprint density at radius 2 is 1.50 bits per heavy atom. The van der Waals surface area contributed by atoms with Crippen LogP contribution in [0.3, 0.4) is 0 Å². The normalized spacial score (nSPS) is 16.3. The van der Waals surface area contributed by atoms with Crippen LogP contribution >= 0.6 is 0 Å². The van der Waals surface area contributed by atoms with E-state index in [1.807, 2.05) is 0 Å². The second kappa shape index (κ2) is 6.40. The zero-order valence-corrected chi connectivity index (χ0v) is 6.99. The number of carboxylic acids is 1. The summed E-state index contributed by atoms with van der Waals surface area (Å²) in [5.74, 6) is -2.93. The number of carboxylic acid groups (broad SMARTS) is 1. The first-order valence-electron chi connectivity index (χ1n) is 3.32. The predicted molar refractivity (Wildman–Crippen MR) is 41.4 cm³/mol. The lowest BCUT2D eigenvalue weighted by Gasteiger charge is -2.17. The fourth-order valence-corrected chi connectivity index (χ4v) is 0.603. The van der Waals surface area contributed by atoms with Gasteiger partial charge in [-0.25, -0.2) is 4.79 Å². The second-order valence-electron chi connectivity index (χ2n) is 2.34. The quantitative estimate of drug-likeness (QED) is 0.308. The van der Waals surface area contributed by atoms with E-state index in [2.05, 4.69) is 0 Å². The summed E-state index contributed by atoms with van der Waals surface area (Å²) >= 11 is 0. The molecule has 8 nitrogen and oxygen atoms in total. The molecule has 0 aromatic heterocycles. The van der Waals surface area contributed by atoms with Crippen molar-refractivity contribution in [3.8, 4) is 0 Å². The minimum absolute atomic E-state index is 0. The van der Waals surface area contributed by atoms with E-state index in [0.717, 1.165) is 0 Å². The standard InChI is InChI=1S/C6H10O7.H2O/c7-1-2(8)3(9)4(10)5(11)6(12)13;/h3-5,7,9-11H,1H2,(H,12,13);1H2/t3-,4+,5-;/m1./s1. The highest BCUT2D eigenvalue weighted by molar-refractivity contribution is 5.85. The van der Waals surface area contributed by atoms with Crippen molar-refractivity contribution in [2.24, 2.45) is 0 Å². The maximum Gasteiger partial charge on any atom is 0.335 e. The van der Waals surface area contributed by atoms with Crippen molar-refractivity contribution in [1.82, 2.24) is 0 Å². The van der Waals surface area contributed by atoms with Crippen molar-refractivity contribution in [3.63, 3.8) is 0 Å². The number of aliphatic hydroxyl groups is 4. The SMILES string of the molecule is O.O=C(CO)[C@@H](O)[C@H](O)[C@@H](O)C(=O)O. The first kappa shape index (κ1) is 15.4. The molecule has 0 bridgehead atoms. The highest BCUT2D eigenvalue weighted by atomic mass is 16.4. The Balaban J connectivity index is 0. The van der Waals surface area contributed by atoms with Gasteiger partial charge in [0.05, 0.1) is 0 Å². The van der Waals surface area contributed by atoms with Crippen molar-refractivity contribution in [3.05, 3.63) is 0 Å². The molecule has 0 heterocycles. The van der Waals surface area contributed by atoms with E-state index in [4.69, 9.17) is 25.5 Å². The Morgan fingerprint density at radius 3 is 1.79 bits per heavy atom. The van der Waals surface area contributed by atoms with Crippen LogP contribution in [0, 0.1) is 0 Å². The summed E-state index contributed by atoms with van der Waals surface area (Å²) < 4.78 is 0. The van der Waals surface area contributed by atoms with Gasteiger partial charge in [0.1, 0.15) is 18.8 Å². The molecule has 0 amide bonds. The molecule has 0 aromatic carbocycles. The molecule has 0 saturated heterocycles. The monoisotopic (exact) mass is 212 g/mol. The number of ketones is 1. The summed E-state index contributed by atoms with van der Waals surface area (Å²) in [6.07, 6.45) is -6.50. The van der Waals surface area contributed by atoms with Crippen LogP contribution in [0.2, 0.25) is 0 Å². The molecule has 3 atom stereocenters. The van der Waals surface area contributed by atoms with E-state index in [-0.39, 0.29) is 5.48 Å². The van der Waals surface area contributed by atoms with Crippen LogP contribution in [0.25, 0.3) is 0 Å². The smallest absolute Gasteiger partial charge is 0.335 e. The van der Waals surface area contributed by atoms with E-state index < -0.39 is 36.7 Å². The van der Waals surface area contributed by atoms with E-state index in [9.17, 15) is 9.59 Å². The Hall–Kier alpha value is -1.06. The molecule has 0 unspecified atom stereocenters. The summed E-state index contributed by atoms with van der Waals surface area (Å²) in [6.45, 7) is -1.04. The third-order valence-electron chi connectivity index (χ3n) is 1.39. The number of carbonyl (C=O) groups excluding carboxylic acids is 1. The number of rotatable bonds is 5. The highest BCUT2D eigenvalue weighted by Crippen LogP contribution is 2.01. The second-order valence-corrected chi connectivity index (χ2v) is 2.34. The summed E-state index contributed by atoms with van der Waals surface area (Å²) in [5.41, 5.74) is 0. The van der Waals surface area contributed by atoms with Gasteiger partial charge in [-0.15, -0.1) is 0 Å². The van der Waals surface area contributed by atoms with Crippen molar-refractivity contribution in [2.75, 3.05) is 6.61 Å². The zero-order valence-electron chi connectivity index (χ0n) is 6.99. The molecule has 0 fully saturated rings. The fourth-order valence-electron chi connectivity index (χ4n) is 0.603. The Labute approximate surface area is 78.3 Å². The van der Waals surface area contributed by atoms with Crippen molar-refractivity contribution < 1.29 is 40.6 Å². The Bertz CT molecular complexity index is 202. The lowest BCUT2D eigenvalue weighted by molar-refractivity contribution is -0.161. The van der Waals surface area contributed by atoms with Crippen LogP contribution < -0.4 is 0 Å². The fraction of sp³-hybridized carbons (Fsp3) is 0.667. The number of hydrogen-bond donors (Lipinski definition) is 5. The molecule has 0 saturated carbocycles. The Morgan fingerprint density at radius 1 is 1.07 bits per heavy atom. The molecule has 8 heteroatoms. The maximum atomic E-state index is 10.5. The number of aliphatic hydroxyl groups excluding tert-OH is 4. The van der Waals surface area contributed by atoms with Gasteiger partial charge in [0, 0.05) is 0 Å². The lowest BCUT2D eigenvalue weighted by atomic mass is 10.1. The summed E-state index contributed by atoms with van der Waals surface area (Å²) in [4.78, 5) is 20.6. The molecular formula is C6H12O8. The van der Waals surface area contributed by atoms with Crippen LogP contribution in [0.1, 0.15) is 0 Å². The van der Waals surface area contributed by atoms with Gasteiger partial charge in [0.15, 0.2) is 11.9 Å². The average molecular weight is 212 g/mol. The molecular weight excluding hydrogens is 200 g/mol. The van der Waals surface area contributed by atoms with Gasteiger partial charge in [-0.3, -0.25) is 4.79 Å². The molecule has 14 heavy (non-hydrogen) atoms. The molecule has 0 aliphatic rings. The molecule has 0 radical (unpaired) electrons. The minimum Gasteiger partial charge on any atom is -0.479 e. The molecule has 0 aliphatic carbocycles. The van der Waals surface area contributed by atoms with Crippen LogP contribution in [0.5, 0.6) is 0 Å². The third-order valence-corrected chi connectivity index (χ3v) is 1.39. The average Bonchev–Trinajstić information content (AvgIpc) is 2.12. The largest absolute Gasteiger partial charge is 0.479 e. The summed E-state index contributed by atoms with van der Waals surface area (Å²) in [6, 6.07) is 0. The zero-order chi connectivity index (χ0) is 10.6.